The molecule has 0 unspecified atom stereocenters. The van der Waals surface area contributed by atoms with Gasteiger partial charge in [0.1, 0.15) is 0 Å². The maximum atomic E-state index is 12.4. The lowest BCUT2D eigenvalue weighted by molar-refractivity contribution is -0.384. The van der Waals surface area contributed by atoms with Crippen LogP contribution in [0.2, 0.25) is 0 Å². The van der Waals surface area contributed by atoms with E-state index in [9.17, 15) is 23.3 Å². The van der Waals surface area contributed by atoms with Gasteiger partial charge in [-0.1, -0.05) is 24.3 Å². The molecule has 1 atom stereocenters. The van der Waals surface area contributed by atoms with Crippen molar-refractivity contribution in [1.29, 1.82) is 0 Å². The molecule has 0 bridgehead atoms. The summed E-state index contributed by atoms with van der Waals surface area (Å²) in [6, 6.07) is 9.96. The number of non-ortho nitro benzene ring substituents is 1. The quantitative estimate of drug-likeness (QED) is 0.462. The summed E-state index contributed by atoms with van der Waals surface area (Å²) in [4.78, 5) is 22.9. The van der Waals surface area contributed by atoms with E-state index in [1.165, 1.54) is 23.8 Å². The molecule has 8 nitrogen and oxygen atoms in total. The van der Waals surface area contributed by atoms with E-state index >= 15 is 0 Å². The summed E-state index contributed by atoms with van der Waals surface area (Å²) in [7, 11) is -3.68. The van der Waals surface area contributed by atoms with E-state index in [-0.39, 0.29) is 42.7 Å². The summed E-state index contributed by atoms with van der Waals surface area (Å²) in [5.74, 6) is -0.185. The molecule has 0 aromatic heterocycles. The molecule has 0 aliphatic heterocycles. The van der Waals surface area contributed by atoms with Crippen LogP contribution in [0.4, 0.5) is 11.4 Å². The molecule has 0 saturated carbocycles. The molecule has 1 amide bonds. The zero-order valence-corrected chi connectivity index (χ0v) is 19.3. The second-order valence-corrected chi connectivity index (χ2v) is 9.71. The largest absolute Gasteiger partial charge is 0.350 e. The lowest BCUT2D eigenvalue weighted by Crippen LogP contribution is -2.33. The zero-order valence-electron chi connectivity index (χ0n) is 18.5. The van der Waals surface area contributed by atoms with E-state index < -0.39 is 14.9 Å². The Hall–Kier alpha value is -2.94. The van der Waals surface area contributed by atoms with Gasteiger partial charge in [0.2, 0.25) is 15.9 Å². The van der Waals surface area contributed by atoms with Crippen LogP contribution in [0.5, 0.6) is 0 Å². The Kier molecular flexibility index (Phi) is 7.78. The zero-order chi connectivity index (χ0) is 23.3. The van der Waals surface area contributed by atoms with Crippen molar-refractivity contribution in [3.8, 4) is 0 Å². The fraction of sp³-hybridized carbons (Fsp3) is 0.409. The third kappa shape index (κ3) is 6.52. The van der Waals surface area contributed by atoms with Gasteiger partial charge in [-0.3, -0.25) is 19.2 Å². The number of carbonyl (C=O) groups excluding carboxylic acids is 1. The minimum atomic E-state index is -3.68. The Labute approximate surface area is 183 Å². The number of nitro benzene ring substituents is 1. The molecule has 1 N–H and O–H groups in total. The fourth-order valence-electron chi connectivity index (χ4n) is 3.26. The van der Waals surface area contributed by atoms with Crippen LogP contribution in [0.15, 0.2) is 36.4 Å². The van der Waals surface area contributed by atoms with Crippen molar-refractivity contribution in [3.05, 3.63) is 68.8 Å². The van der Waals surface area contributed by atoms with Crippen molar-refractivity contribution in [2.75, 3.05) is 17.1 Å². The average Bonchev–Trinajstić information content (AvgIpc) is 2.67. The van der Waals surface area contributed by atoms with Crippen LogP contribution in [0.25, 0.3) is 0 Å². The summed E-state index contributed by atoms with van der Waals surface area (Å²) < 4.78 is 25.8. The van der Waals surface area contributed by atoms with E-state index in [0.29, 0.717) is 5.56 Å². The van der Waals surface area contributed by atoms with E-state index in [0.717, 1.165) is 21.7 Å². The Morgan fingerprint density at radius 1 is 1.10 bits per heavy atom. The number of aryl methyl sites for hydroxylation is 3. The molecule has 168 valence electrons. The van der Waals surface area contributed by atoms with Crippen LogP contribution >= 0.6 is 0 Å². The van der Waals surface area contributed by atoms with Gasteiger partial charge in [-0.05, 0) is 56.4 Å². The number of hydrogen-bond donors (Lipinski definition) is 1. The van der Waals surface area contributed by atoms with Crippen molar-refractivity contribution in [1.82, 2.24) is 5.32 Å². The van der Waals surface area contributed by atoms with Crippen molar-refractivity contribution in [3.63, 3.8) is 0 Å². The van der Waals surface area contributed by atoms with E-state index in [4.69, 9.17) is 0 Å². The molecule has 2 rings (SSSR count). The van der Waals surface area contributed by atoms with E-state index in [1.807, 2.05) is 39.0 Å². The second kappa shape index (κ2) is 9.91. The fourth-order valence-corrected chi connectivity index (χ4v) is 4.27. The molecule has 0 saturated heterocycles. The molecule has 9 heteroatoms. The summed E-state index contributed by atoms with van der Waals surface area (Å²) >= 11 is 0. The number of rotatable bonds is 9. The monoisotopic (exact) mass is 447 g/mol. The maximum Gasteiger partial charge on any atom is 0.271 e. The van der Waals surface area contributed by atoms with Gasteiger partial charge in [0.05, 0.1) is 22.9 Å². The Bertz CT molecular complexity index is 1080. The van der Waals surface area contributed by atoms with Crippen molar-refractivity contribution < 1.29 is 18.1 Å². The first-order chi connectivity index (χ1) is 14.4. The molecule has 0 heterocycles. The maximum absolute atomic E-state index is 12.4. The predicted octanol–water partition coefficient (Wildman–Crippen LogP) is 3.94. The molecule has 2 aromatic rings. The van der Waals surface area contributed by atoms with Gasteiger partial charge in [-0.15, -0.1) is 0 Å². The number of nitrogens with zero attached hydrogens (tertiary/aromatic N) is 2. The van der Waals surface area contributed by atoms with E-state index in [2.05, 4.69) is 5.32 Å². The molecule has 31 heavy (non-hydrogen) atoms. The van der Waals surface area contributed by atoms with Crippen molar-refractivity contribution in [2.24, 2.45) is 0 Å². The number of anilines is 1. The number of carbonyl (C=O) groups is 1. The minimum absolute atomic E-state index is 0.0479. The van der Waals surface area contributed by atoms with Crippen molar-refractivity contribution in [2.45, 2.75) is 46.6 Å². The topological polar surface area (TPSA) is 110 Å². The molecule has 0 fully saturated rings. The first kappa shape index (κ1) is 24.3. The summed E-state index contributed by atoms with van der Waals surface area (Å²) in [6.45, 7) is 7.68. The third-order valence-electron chi connectivity index (χ3n) is 5.25. The smallest absolute Gasteiger partial charge is 0.271 e. The first-order valence-electron chi connectivity index (χ1n) is 9.99. The SMILES string of the molecule is Cc1ccc([C@@H](C)NC(=O)CCCN(c2cc([N+](=O)[O-])ccc2C)S(C)(=O)=O)cc1C. The second-order valence-electron chi connectivity index (χ2n) is 7.80. The van der Waals surface area contributed by atoms with Crippen LogP contribution < -0.4 is 9.62 Å². The van der Waals surface area contributed by atoms with Gasteiger partial charge in [0.25, 0.3) is 5.69 Å². The third-order valence-corrected chi connectivity index (χ3v) is 6.43. The van der Waals surface area contributed by atoms with Gasteiger partial charge < -0.3 is 5.32 Å². The van der Waals surface area contributed by atoms with Gasteiger partial charge in [0, 0.05) is 25.1 Å². The number of hydrogen-bond acceptors (Lipinski definition) is 5. The Morgan fingerprint density at radius 3 is 2.32 bits per heavy atom. The number of sulfonamides is 1. The highest BCUT2D eigenvalue weighted by molar-refractivity contribution is 7.92. The normalized spacial score (nSPS) is 12.3. The molecule has 0 radical (unpaired) electrons. The average molecular weight is 448 g/mol. The molecular formula is C22H29N3O5S. The highest BCUT2D eigenvalue weighted by atomic mass is 32.2. The molecule has 0 spiro atoms. The number of benzene rings is 2. The van der Waals surface area contributed by atoms with Crippen LogP contribution in [0.1, 0.15) is 48.1 Å². The predicted molar refractivity (Wildman–Crippen MR) is 122 cm³/mol. The lowest BCUT2D eigenvalue weighted by Gasteiger charge is -2.24. The lowest BCUT2D eigenvalue weighted by atomic mass is 10.0. The Morgan fingerprint density at radius 2 is 1.74 bits per heavy atom. The van der Waals surface area contributed by atoms with Crippen LogP contribution in [-0.4, -0.2) is 32.0 Å². The van der Waals surface area contributed by atoms with Gasteiger partial charge in [-0.2, -0.15) is 0 Å². The van der Waals surface area contributed by atoms with Gasteiger partial charge in [0.15, 0.2) is 0 Å². The Balaban J connectivity index is 2.05. The van der Waals surface area contributed by atoms with Gasteiger partial charge >= 0.3 is 0 Å². The summed E-state index contributed by atoms with van der Waals surface area (Å²) in [5, 5.41) is 14.0. The van der Waals surface area contributed by atoms with Crippen LogP contribution in [0.3, 0.4) is 0 Å². The molecule has 0 aliphatic rings. The minimum Gasteiger partial charge on any atom is -0.350 e. The van der Waals surface area contributed by atoms with Gasteiger partial charge in [-0.25, -0.2) is 8.42 Å². The van der Waals surface area contributed by atoms with E-state index in [1.54, 1.807) is 6.92 Å². The van der Waals surface area contributed by atoms with Crippen LogP contribution in [0, 0.1) is 30.9 Å². The molecule has 2 aromatic carbocycles. The number of amides is 1. The number of nitrogens with one attached hydrogen (secondary N) is 1. The first-order valence-corrected chi connectivity index (χ1v) is 11.8. The standard InChI is InChI=1S/C22H29N3O5S/c1-15-8-10-19(13-17(15)3)18(4)23-22(26)7-6-12-24(31(5,29)30)21-14-20(25(27)28)11-9-16(21)2/h8-11,13-14,18H,6-7,12H2,1-5H3,(H,23,26)/t18-/m1/s1. The van der Waals surface area contributed by atoms with Crippen LogP contribution in [-0.2, 0) is 14.8 Å². The summed E-state index contributed by atoms with van der Waals surface area (Å²) in [6.07, 6.45) is 1.46. The summed E-state index contributed by atoms with van der Waals surface area (Å²) in [5.41, 5.74) is 3.99. The highest BCUT2D eigenvalue weighted by Gasteiger charge is 2.22. The number of nitro groups is 1. The molecular weight excluding hydrogens is 418 g/mol. The highest BCUT2D eigenvalue weighted by Crippen LogP contribution is 2.28. The van der Waals surface area contributed by atoms with Crippen molar-refractivity contribution >= 4 is 27.3 Å². The molecule has 0 aliphatic carbocycles.